The molecule has 7 heteroatoms. The Morgan fingerprint density at radius 1 is 0.926 bits per heavy atom. The average Bonchev–Trinajstić information content (AvgIpc) is 2.64. The smallest absolute Gasteiger partial charge is 0.416 e. The van der Waals surface area contributed by atoms with Gasteiger partial charge in [0.25, 0.3) is 0 Å². The highest BCUT2D eigenvalue weighted by molar-refractivity contribution is 5.75. The van der Waals surface area contributed by atoms with E-state index in [4.69, 9.17) is 9.47 Å². The molecule has 3 rings (SSSR count). The van der Waals surface area contributed by atoms with Crippen LogP contribution in [0.25, 0.3) is 0 Å². The third-order valence-corrected chi connectivity index (χ3v) is 3.52. The van der Waals surface area contributed by atoms with Gasteiger partial charge in [0, 0.05) is 12.3 Å². The lowest BCUT2D eigenvalue weighted by Gasteiger charge is -2.09. The van der Waals surface area contributed by atoms with Gasteiger partial charge in [-0.1, -0.05) is 24.3 Å². The minimum absolute atomic E-state index is 0.227. The predicted octanol–water partition coefficient (Wildman–Crippen LogP) is 5.04. The maximum absolute atomic E-state index is 12.7. The van der Waals surface area contributed by atoms with Crippen LogP contribution >= 0.6 is 0 Å². The zero-order valence-corrected chi connectivity index (χ0v) is 13.9. The normalized spacial score (nSPS) is 11.1. The van der Waals surface area contributed by atoms with Crippen molar-refractivity contribution in [2.75, 3.05) is 0 Å². The Kier molecular flexibility index (Phi) is 5.40. The Balaban J connectivity index is 1.60. The summed E-state index contributed by atoms with van der Waals surface area (Å²) in [6, 6.07) is 16.1. The van der Waals surface area contributed by atoms with E-state index in [2.05, 4.69) is 4.98 Å². The van der Waals surface area contributed by atoms with Gasteiger partial charge in [0.15, 0.2) is 0 Å². The standard InChI is InChI=1S/C20H14F3NO3/c21-20(22,23)15-5-3-4-14(12-15)13-19(25)27-17-9-7-16(8-10-17)26-18-6-1-2-11-24-18/h1-12H,13H2. The van der Waals surface area contributed by atoms with Crippen molar-refractivity contribution in [2.45, 2.75) is 12.6 Å². The van der Waals surface area contributed by atoms with E-state index in [0.29, 0.717) is 11.6 Å². The van der Waals surface area contributed by atoms with Crippen molar-refractivity contribution in [1.82, 2.24) is 4.98 Å². The number of aromatic nitrogens is 1. The summed E-state index contributed by atoms with van der Waals surface area (Å²) in [6.45, 7) is 0. The molecule has 27 heavy (non-hydrogen) atoms. The molecule has 0 radical (unpaired) electrons. The fourth-order valence-corrected chi connectivity index (χ4v) is 2.30. The Morgan fingerprint density at radius 3 is 2.33 bits per heavy atom. The van der Waals surface area contributed by atoms with Crippen LogP contribution < -0.4 is 9.47 Å². The number of benzene rings is 2. The van der Waals surface area contributed by atoms with Crippen LogP contribution in [0.15, 0.2) is 72.9 Å². The third-order valence-electron chi connectivity index (χ3n) is 3.52. The molecule has 0 N–H and O–H groups in total. The van der Waals surface area contributed by atoms with Gasteiger partial charge in [0.1, 0.15) is 11.5 Å². The van der Waals surface area contributed by atoms with Gasteiger partial charge in [-0.25, -0.2) is 4.98 Å². The van der Waals surface area contributed by atoms with Gasteiger partial charge in [-0.2, -0.15) is 13.2 Å². The average molecular weight is 373 g/mol. The molecular formula is C20H14F3NO3. The van der Waals surface area contributed by atoms with Crippen molar-refractivity contribution in [1.29, 1.82) is 0 Å². The van der Waals surface area contributed by atoms with Crippen LogP contribution in [0.1, 0.15) is 11.1 Å². The van der Waals surface area contributed by atoms with E-state index < -0.39 is 17.7 Å². The van der Waals surface area contributed by atoms with Crippen LogP contribution in [0.4, 0.5) is 13.2 Å². The van der Waals surface area contributed by atoms with E-state index in [1.165, 1.54) is 24.3 Å². The SMILES string of the molecule is O=C(Cc1cccc(C(F)(F)F)c1)Oc1ccc(Oc2ccccn2)cc1. The molecule has 0 aliphatic rings. The van der Waals surface area contributed by atoms with Crippen LogP contribution in [0.3, 0.4) is 0 Å². The first-order chi connectivity index (χ1) is 12.9. The zero-order chi connectivity index (χ0) is 19.3. The number of hydrogen-bond acceptors (Lipinski definition) is 4. The number of pyridine rings is 1. The van der Waals surface area contributed by atoms with Crippen molar-refractivity contribution in [3.63, 3.8) is 0 Å². The molecule has 0 saturated heterocycles. The molecular weight excluding hydrogens is 359 g/mol. The second-order valence-corrected chi connectivity index (χ2v) is 5.59. The van der Waals surface area contributed by atoms with E-state index in [1.54, 1.807) is 36.5 Å². The summed E-state index contributed by atoms with van der Waals surface area (Å²) in [4.78, 5) is 16.0. The van der Waals surface area contributed by atoms with Crippen LogP contribution in [0, 0.1) is 0 Å². The third kappa shape index (κ3) is 5.31. The first-order valence-electron chi connectivity index (χ1n) is 7.96. The second-order valence-electron chi connectivity index (χ2n) is 5.59. The maximum atomic E-state index is 12.7. The van der Waals surface area contributed by atoms with Gasteiger partial charge in [-0.05, 0) is 42.0 Å². The van der Waals surface area contributed by atoms with Gasteiger partial charge >= 0.3 is 12.1 Å². The highest BCUT2D eigenvalue weighted by Gasteiger charge is 2.30. The Labute approximate surface area is 153 Å². The monoisotopic (exact) mass is 373 g/mol. The Morgan fingerprint density at radius 2 is 1.67 bits per heavy atom. The molecule has 1 heterocycles. The lowest BCUT2D eigenvalue weighted by atomic mass is 10.1. The molecule has 0 aliphatic heterocycles. The van der Waals surface area contributed by atoms with Gasteiger partial charge in [-0.15, -0.1) is 0 Å². The summed E-state index contributed by atoms with van der Waals surface area (Å²) in [7, 11) is 0. The number of carbonyl (C=O) groups is 1. The first-order valence-corrected chi connectivity index (χ1v) is 7.96. The molecule has 1 aromatic heterocycles. The predicted molar refractivity (Wildman–Crippen MR) is 91.5 cm³/mol. The molecule has 0 aliphatic carbocycles. The molecule has 0 amide bonds. The van der Waals surface area contributed by atoms with Gasteiger partial charge < -0.3 is 9.47 Å². The summed E-state index contributed by atoms with van der Waals surface area (Å²) in [5, 5.41) is 0. The second kappa shape index (κ2) is 7.90. The summed E-state index contributed by atoms with van der Waals surface area (Å²) in [5.41, 5.74) is -0.575. The first kappa shape index (κ1) is 18.4. The van der Waals surface area contributed by atoms with Crippen molar-refractivity contribution in [3.8, 4) is 17.4 Å². The molecule has 0 unspecified atom stereocenters. The highest BCUT2D eigenvalue weighted by Crippen LogP contribution is 2.29. The van der Waals surface area contributed by atoms with E-state index in [1.807, 2.05) is 0 Å². The molecule has 2 aromatic carbocycles. The highest BCUT2D eigenvalue weighted by atomic mass is 19.4. The maximum Gasteiger partial charge on any atom is 0.416 e. The zero-order valence-electron chi connectivity index (χ0n) is 13.9. The number of nitrogens with zero attached hydrogens (tertiary/aromatic N) is 1. The van der Waals surface area contributed by atoms with Crippen LogP contribution in [-0.4, -0.2) is 11.0 Å². The topological polar surface area (TPSA) is 48.4 Å². The number of hydrogen-bond donors (Lipinski definition) is 0. The molecule has 4 nitrogen and oxygen atoms in total. The largest absolute Gasteiger partial charge is 0.439 e. The molecule has 0 fully saturated rings. The number of ether oxygens (including phenoxy) is 2. The molecule has 0 saturated carbocycles. The number of rotatable bonds is 5. The quantitative estimate of drug-likeness (QED) is 0.464. The summed E-state index contributed by atoms with van der Waals surface area (Å²) in [6.07, 6.45) is -3.13. The van der Waals surface area contributed by atoms with Crippen molar-refractivity contribution >= 4 is 5.97 Å². The van der Waals surface area contributed by atoms with Crippen molar-refractivity contribution < 1.29 is 27.4 Å². The van der Waals surface area contributed by atoms with E-state index in [0.717, 1.165) is 12.1 Å². The van der Waals surface area contributed by atoms with Crippen LogP contribution in [0.5, 0.6) is 17.4 Å². The van der Waals surface area contributed by atoms with Gasteiger partial charge in [0.05, 0.1) is 12.0 Å². The van der Waals surface area contributed by atoms with E-state index in [-0.39, 0.29) is 17.7 Å². The van der Waals surface area contributed by atoms with Gasteiger partial charge in [-0.3, -0.25) is 4.79 Å². The van der Waals surface area contributed by atoms with Crippen LogP contribution in [-0.2, 0) is 17.4 Å². The molecule has 3 aromatic rings. The van der Waals surface area contributed by atoms with E-state index in [9.17, 15) is 18.0 Å². The fourth-order valence-electron chi connectivity index (χ4n) is 2.30. The number of carbonyl (C=O) groups excluding carboxylic acids is 1. The number of esters is 1. The lowest BCUT2D eigenvalue weighted by molar-refractivity contribution is -0.138. The Bertz CT molecular complexity index is 910. The lowest BCUT2D eigenvalue weighted by Crippen LogP contribution is -2.12. The number of alkyl halides is 3. The van der Waals surface area contributed by atoms with Crippen molar-refractivity contribution in [3.05, 3.63) is 84.1 Å². The molecule has 0 spiro atoms. The molecule has 0 atom stereocenters. The minimum atomic E-state index is -4.46. The minimum Gasteiger partial charge on any atom is -0.439 e. The summed E-state index contributed by atoms with van der Waals surface area (Å²) in [5.74, 6) is 0.534. The summed E-state index contributed by atoms with van der Waals surface area (Å²) < 4.78 is 48.8. The van der Waals surface area contributed by atoms with Crippen molar-refractivity contribution in [2.24, 2.45) is 0 Å². The number of halogens is 3. The molecule has 138 valence electrons. The molecule has 0 bridgehead atoms. The van der Waals surface area contributed by atoms with E-state index >= 15 is 0 Å². The Hall–Kier alpha value is -3.35. The van der Waals surface area contributed by atoms with Gasteiger partial charge in [0.2, 0.25) is 5.88 Å². The van der Waals surface area contributed by atoms with Crippen LogP contribution in [0.2, 0.25) is 0 Å². The summed E-state index contributed by atoms with van der Waals surface area (Å²) >= 11 is 0. The fraction of sp³-hybridized carbons (Fsp3) is 0.100.